The van der Waals surface area contributed by atoms with E-state index < -0.39 is 0 Å². The smallest absolute Gasteiger partial charge is 0.00501 e. The first-order valence-corrected chi connectivity index (χ1v) is 8.69. The zero-order valence-corrected chi connectivity index (χ0v) is 12.6. The molecule has 0 aromatic carbocycles. The minimum absolute atomic E-state index is 0.483. The van der Waals surface area contributed by atoms with Crippen molar-refractivity contribution in [1.29, 1.82) is 0 Å². The van der Waals surface area contributed by atoms with Crippen LogP contribution in [0.5, 0.6) is 0 Å². The minimum Gasteiger partial charge on any atom is -0.330 e. The lowest BCUT2D eigenvalue weighted by atomic mass is 9.68. The molecule has 2 heteroatoms. The normalized spacial score (nSPS) is 30.8. The highest BCUT2D eigenvalue weighted by atomic mass is 15.1. The van der Waals surface area contributed by atoms with Gasteiger partial charge in [-0.25, -0.2) is 0 Å². The Morgan fingerprint density at radius 3 is 1.89 bits per heavy atom. The Balaban J connectivity index is 1.52. The lowest BCUT2D eigenvalue weighted by molar-refractivity contribution is 0.0443. The van der Waals surface area contributed by atoms with Gasteiger partial charge >= 0.3 is 0 Å². The molecule has 1 saturated heterocycles. The Bertz CT molecular complexity index is 278. The van der Waals surface area contributed by atoms with Crippen LogP contribution in [0.1, 0.15) is 70.6 Å². The molecule has 3 fully saturated rings. The van der Waals surface area contributed by atoms with Crippen molar-refractivity contribution in [3.8, 4) is 0 Å². The fourth-order valence-electron chi connectivity index (χ4n) is 5.01. The first-order valence-electron chi connectivity index (χ1n) is 8.69. The number of rotatable bonds is 3. The standard InChI is InChI=1S/C17H32N2/c18-14-17(8-4-5-9-17)15-19-12-10-16(11-13-19)6-2-1-3-7-16/h1-15,18H2. The monoisotopic (exact) mass is 264 g/mol. The summed E-state index contributed by atoms with van der Waals surface area (Å²) in [6.07, 6.45) is 16.0. The summed E-state index contributed by atoms with van der Waals surface area (Å²) >= 11 is 0. The molecule has 0 radical (unpaired) electrons. The van der Waals surface area contributed by atoms with E-state index in [0.29, 0.717) is 5.41 Å². The maximum absolute atomic E-state index is 6.10. The molecule has 2 saturated carbocycles. The highest BCUT2D eigenvalue weighted by Crippen LogP contribution is 2.45. The van der Waals surface area contributed by atoms with Crippen LogP contribution in [-0.2, 0) is 0 Å². The second-order valence-corrected chi connectivity index (χ2v) is 7.75. The predicted molar refractivity (Wildman–Crippen MR) is 81.1 cm³/mol. The van der Waals surface area contributed by atoms with Gasteiger partial charge in [-0.2, -0.15) is 0 Å². The van der Waals surface area contributed by atoms with Crippen molar-refractivity contribution in [3.63, 3.8) is 0 Å². The Kier molecular flexibility index (Phi) is 4.19. The van der Waals surface area contributed by atoms with Crippen molar-refractivity contribution in [2.45, 2.75) is 70.6 Å². The molecule has 1 spiro atoms. The summed E-state index contributed by atoms with van der Waals surface area (Å²) in [6, 6.07) is 0. The van der Waals surface area contributed by atoms with Gasteiger partial charge in [-0.3, -0.25) is 0 Å². The van der Waals surface area contributed by atoms with Gasteiger partial charge in [0.15, 0.2) is 0 Å². The number of likely N-dealkylation sites (tertiary alicyclic amines) is 1. The average Bonchev–Trinajstić information content (AvgIpc) is 2.92. The van der Waals surface area contributed by atoms with Crippen LogP contribution in [-0.4, -0.2) is 31.1 Å². The number of nitrogens with two attached hydrogens (primary N) is 1. The molecule has 0 bridgehead atoms. The van der Waals surface area contributed by atoms with Crippen LogP contribution in [0, 0.1) is 10.8 Å². The molecule has 2 nitrogen and oxygen atoms in total. The van der Waals surface area contributed by atoms with Crippen LogP contribution in [0.25, 0.3) is 0 Å². The predicted octanol–water partition coefficient (Wildman–Crippen LogP) is 3.55. The lowest BCUT2D eigenvalue weighted by Crippen LogP contribution is -2.47. The van der Waals surface area contributed by atoms with Crippen molar-refractivity contribution < 1.29 is 0 Å². The van der Waals surface area contributed by atoms with E-state index >= 15 is 0 Å². The third kappa shape index (κ3) is 3.00. The SMILES string of the molecule is NCC1(CN2CCC3(CCCCC3)CC2)CCCC1. The summed E-state index contributed by atoms with van der Waals surface area (Å²) < 4.78 is 0. The molecule has 3 rings (SSSR count). The molecule has 0 unspecified atom stereocenters. The first kappa shape index (κ1) is 13.9. The zero-order valence-electron chi connectivity index (χ0n) is 12.6. The summed E-state index contributed by atoms with van der Waals surface area (Å²) in [5, 5.41) is 0. The molecule has 0 atom stereocenters. The van der Waals surface area contributed by atoms with Crippen LogP contribution in [0.3, 0.4) is 0 Å². The molecule has 1 heterocycles. The fraction of sp³-hybridized carbons (Fsp3) is 1.00. The molecule has 0 amide bonds. The lowest BCUT2D eigenvalue weighted by Gasteiger charge is -2.46. The Hall–Kier alpha value is -0.0800. The van der Waals surface area contributed by atoms with Crippen molar-refractivity contribution >= 4 is 0 Å². The number of hydrogen-bond donors (Lipinski definition) is 1. The van der Waals surface area contributed by atoms with E-state index in [0.717, 1.165) is 12.0 Å². The molecular formula is C17H32N2. The van der Waals surface area contributed by atoms with E-state index in [2.05, 4.69) is 4.90 Å². The molecule has 110 valence electrons. The number of hydrogen-bond acceptors (Lipinski definition) is 2. The first-order chi connectivity index (χ1) is 9.26. The van der Waals surface area contributed by atoms with Gasteiger partial charge < -0.3 is 10.6 Å². The number of piperidine rings is 1. The fourth-order valence-corrected chi connectivity index (χ4v) is 5.01. The maximum atomic E-state index is 6.10. The quantitative estimate of drug-likeness (QED) is 0.844. The van der Waals surface area contributed by atoms with Gasteiger partial charge in [-0.05, 0) is 69.0 Å². The van der Waals surface area contributed by atoms with Crippen molar-refractivity contribution in [1.82, 2.24) is 4.90 Å². The Labute approximate surface area is 119 Å². The Morgan fingerprint density at radius 2 is 1.32 bits per heavy atom. The van der Waals surface area contributed by atoms with E-state index in [1.54, 1.807) is 0 Å². The van der Waals surface area contributed by atoms with Gasteiger partial charge in [0, 0.05) is 6.54 Å². The van der Waals surface area contributed by atoms with E-state index in [4.69, 9.17) is 5.73 Å². The molecule has 2 aliphatic carbocycles. The van der Waals surface area contributed by atoms with Gasteiger partial charge in [0.05, 0.1) is 0 Å². The molecule has 0 aromatic rings. The summed E-state index contributed by atoms with van der Waals surface area (Å²) in [4.78, 5) is 2.75. The van der Waals surface area contributed by atoms with Crippen LogP contribution < -0.4 is 5.73 Å². The van der Waals surface area contributed by atoms with E-state index in [1.807, 2.05) is 0 Å². The molecule has 1 aliphatic heterocycles. The van der Waals surface area contributed by atoms with Crippen LogP contribution >= 0.6 is 0 Å². The zero-order chi connectivity index (χ0) is 13.2. The largest absolute Gasteiger partial charge is 0.330 e. The maximum Gasteiger partial charge on any atom is 0.00501 e. The van der Waals surface area contributed by atoms with Crippen molar-refractivity contribution in [3.05, 3.63) is 0 Å². The average molecular weight is 264 g/mol. The van der Waals surface area contributed by atoms with E-state index in [9.17, 15) is 0 Å². The summed E-state index contributed by atoms with van der Waals surface area (Å²) in [6.45, 7) is 4.90. The van der Waals surface area contributed by atoms with Crippen LogP contribution in [0.15, 0.2) is 0 Å². The second-order valence-electron chi connectivity index (χ2n) is 7.75. The van der Waals surface area contributed by atoms with Gasteiger partial charge in [0.25, 0.3) is 0 Å². The van der Waals surface area contributed by atoms with Crippen LogP contribution in [0.2, 0.25) is 0 Å². The Morgan fingerprint density at radius 1 is 0.737 bits per heavy atom. The third-order valence-corrected chi connectivity index (χ3v) is 6.49. The topological polar surface area (TPSA) is 29.3 Å². The summed E-state index contributed by atoms with van der Waals surface area (Å²) in [7, 11) is 0. The minimum atomic E-state index is 0.483. The molecule has 19 heavy (non-hydrogen) atoms. The van der Waals surface area contributed by atoms with Crippen molar-refractivity contribution in [2.75, 3.05) is 26.2 Å². The van der Waals surface area contributed by atoms with Crippen molar-refractivity contribution in [2.24, 2.45) is 16.6 Å². The van der Waals surface area contributed by atoms with Crippen LogP contribution in [0.4, 0.5) is 0 Å². The van der Waals surface area contributed by atoms with Gasteiger partial charge in [0.1, 0.15) is 0 Å². The molecule has 2 N–H and O–H groups in total. The highest BCUT2D eigenvalue weighted by Gasteiger charge is 2.39. The van der Waals surface area contributed by atoms with Gasteiger partial charge in [-0.15, -0.1) is 0 Å². The third-order valence-electron chi connectivity index (χ3n) is 6.49. The number of nitrogens with zero attached hydrogens (tertiary/aromatic N) is 1. The second kappa shape index (κ2) is 5.73. The molecular weight excluding hydrogens is 232 g/mol. The highest BCUT2D eigenvalue weighted by molar-refractivity contribution is 4.93. The van der Waals surface area contributed by atoms with E-state index in [-0.39, 0.29) is 0 Å². The summed E-state index contributed by atoms with van der Waals surface area (Å²) in [5.41, 5.74) is 7.33. The van der Waals surface area contributed by atoms with Gasteiger partial charge in [0.2, 0.25) is 0 Å². The van der Waals surface area contributed by atoms with Gasteiger partial charge in [-0.1, -0.05) is 32.1 Å². The van der Waals surface area contributed by atoms with E-state index in [1.165, 1.54) is 90.3 Å². The summed E-state index contributed by atoms with van der Waals surface area (Å²) in [5.74, 6) is 0. The molecule has 0 aromatic heterocycles. The molecule has 3 aliphatic rings.